The summed E-state index contributed by atoms with van der Waals surface area (Å²) in [6.45, 7) is 5.97. The van der Waals surface area contributed by atoms with Crippen LogP contribution in [0.3, 0.4) is 0 Å². The van der Waals surface area contributed by atoms with Gasteiger partial charge in [-0.05, 0) is 26.0 Å². The van der Waals surface area contributed by atoms with E-state index in [0.717, 1.165) is 0 Å². The highest BCUT2D eigenvalue weighted by Crippen LogP contribution is 2.31. The molecule has 2 aliphatic rings. The Kier molecular flexibility index (Phi) is 5.11. The van der Waals surface area contributed by atoms with E-state index < -0.39 is 5.41 Å². The summed E-state index contributed by atoms with van der Waals surface area (Å²) in [7, 11) is 0. The van der Waals surface area contributed by atoms with E-state index in [4.69, 9.17) is 0 Å². The number of carbonyl (C=O) groups is 3. The van der Waals surface area contributed by atoms with Gasteiger partial charge in [-0.2, -0.15) is 0 Å². The molecule has 0 aliphatic carbocycles. The van der Waals surface area contributed by atoms with E-state index in [1.807, 2.05) is 13.8 Å². The molecule has 2 fully saturated rings. The minimum Gasteiger partial charge on any atom is -0.355 e. The lowest BCUT2D eigenvalue weighted by molar-refractivity contribution is -0.119. The number of carbonyl (C=O) groups excluding carboxylic acids is 3. The number of amides is 4. The van der Waals surface area contributed by atoms with E-state index in [1.165, 1.54) is 0 Å². The summed E-state index contributed by atoms with van der Waals surface area (Å²) in [5, 5.41) is 5.76. The number of nitrogens with zero attached hydrogens (tertiary/aromatic N) is 3. The van der Waals surface area contributed by atoms with Gasteiger partial charge in [0.25, 0.3) is 5.91 Å². The number of urea groups is 1. The van der Waals surface area contributed by atoms with Crippen LogP contribution in [-0.4, -0.2) is 71.4 Å². The first-order chi connectivity index (χ1) is 12.4. The van der Waals surface area contributed by atoms with Gasteiger partial charge in [-0.3, -0.25) is 14.6 Å². The van der Waals surface area contributed by atoms with Crippen LogP contribution < -0.4 is 10.6 Å². The lowest BCUT2D eigenvalue weighted by Crippen LogP contribution is -2.48. The van der Waals surface area contributed by atoms with Crippen molar-refractivity contribution in [3.05, 3.63) is 30.1 Å². The molecule has 1 spiro atoms. The van der Waals surface area contributed by atoms with Crippen LogP contribution in [0.4, 0.5) is 4.79 Å². The molecule has 1 atom stereocenters. The highest BCUT2D eigenvalue weighted by Gasteiger charge is 2.45. The molecule has 0 bridgehead atoms. The van der Waals surface area contributed by atoms with Crippen LogP contribution in [0.5, 0.6) is 0 Å². The molecule has 0 aromatic carbocycles. The zero-order valence-electron chi connectivity index (χ0n) is 15.2. The van der Waals surface area contributed by atoms with Crippen LogP contribution in [0.1, 0.15) is 30.8 Å². The van der Waals surface area contributed by atoms with Crippen molar-refractivity contribution in [2.45, 2.75) is 26.3 Å². The predicted molar refractivity (Wildman–Crippen MR) is 95.4 cm³/mol. The summed E-state index contributed by atoms with van der Waals surface area (Å²) >= 11 is 0. The molecule has 1 aromatic rings. The third-order valence-corrected chi connectivity index (χ3v) is 4.76. The third kappa shape index (κ3) is 3.95. The minimum absolute atomic E-state index is 0.0243. The van der Waals surface area contributed by atoms with Gasteiger partial charge < -0.3 is 20.4 Å². The van der Waals surface area contributed by atoms with Crippen molar-refractivity contribution in [1.29, 1.82) is 0 Å². The first-order valence-corrected chi connectivity index (χ1v) is 8.91. The first-order valence-electron chi connectivity index (χ1n) is 8.91. The molecular formula is C18H25N5O3. The molecule has 140 valence electrons. The van der Waals surface area contributed by atoms with Crippen molar-refractivity contribution < 1.29 is 14.4 Å². The summed E-state index contributed by atoms with van der Waals surface area (Å²) in [6, 6.07) is 5.08. The summed E-state index contributed by atoms with van der Waals surface area (Å²) in [4.78, 5) is 44.8. The fraction of sp³-hybridized carbons (Fsp3) is 0.556. The Morgan fingerprint density at radius 3 is 2.58 bits per heavy atom. The van der Waals surface area contributed by atoms with Crippen molar-refractivity contribution >= 4 is 17.8 Å². The van der Waals surface area contributed by atoms with Crippen LogP contribution in [0.2, 0.25) is 0 Å². The summed E-state index contributed by atoms with van der Waals surface area (Å²) < 4.78 is 0. The van der Waals surface area contributed by atoms with Crippen molar-refractivity contribution in [2.75, 3.05) is 32.7 Å². The molecule has 1 aromatic heterocycles. The number of nitrogens with one attached hydrogen (secondary N) is 2. The van der Waals surface area contributed by atoms with E-state index in [2.05, 4.69) is 15.6 Å². The van der Waals surface area contributed by atoms with Crippen molar-refractivity contribution in [2.24, 2.45) is 5.41 Å². The molecule has 2 aliphatic heterocycles. The maximum atomic E-state index is 12.9. The Balaban J connectivity index is 1.82. The Morgan fingerprint density at radius 1 is 1.23 bits per heavy atom. The SMILES string of the molecule is CC(C)NC(=O)N1CCN(C(=O)c2ccccn2)C[C@@]2(CNC(=O)C2)C1. The van der Waals surface area contributed by atoms with Crippen LogP contribution >= 0.6 is 0 Å². The van der Waals surface area contributed by atoms with Gasteiger partial charge >= 0.3 is 6.03 Å². The zero-order chi connectivity index (χ0) is 18.7. The second-order valence-corrected chi connectivity index (χ2v) is 7.42. The van der Waals surface area contributed by atoms with Crippen LogP contribution in [0.15, 0.2) is 24.4 Å². The predicted octanol–water partition coefficient (Wildman–Crippen LogP) is 0.464. The Labute approximate surface area is 152 Å². The second-order valence-electron chi connectivity index (χ2n) is 7.42. The number of hydrogen-bond acceptors (Lipinski definition) is 4. The molecule has 3 heterocycles. The largest absolute Gasteiger partial charge is 0.355 e. The van der Waals surface area contributed by atoms with E-state index in [-0.39, 0.29) is 23.9 Å². The molecule has 3 rings (SSSR count). The summed E-state index contributed by atoms with van der Waals surface area (Å²) in [5.41, 5.74) is -0.0909. The van der Waals surface area contributed by atoms with Gasteiger partial charge in [0.2, 0.25) is 5.91 Å². The van der Waals surface area contributed by atoms with Crippen molar-refractivity contribution in [3.63, 3.8) is 0 Å². The normalized spacial score (nSPS) is 23.1. The molecule has 0 radical (unpaired) electrons. The number of pyridine rings is 1. The van der Waals surface area contributed by atoms with Crippen molar-refractivity contribution in [3.8, 4) is 0 Å². The van der Waals surface area contributed by atoms with Gasteiger partial charge in [-0.1, -0.05) is 6.07 Å². The van der Waals surface area contributed by atoms with E-state index in [0.29, 0.717) is 44.8 Å². The lowest BCUT2D eigenvalue weighted by Gasteiger charge is -2.32. The number of rotatable bonds is 2. The summed E-state index contributed by atoms with van der Waals surface area (Å²) in [6.07, 6.45) is 1.90. The van der Waals surface area contributed by atoms with Gasteiger partial charge in [0.1, 0.15) is 5.69 Å². The maximum absolute atomic E-state index is 12.9. The van der Waals surface area contributed by atoms with Crippen molar-refractivity contribution in [1.82, 2.24) is 25.4 Å². The molecule has 2 saturated heterocycles. The fourth-order valence-corrected chi connectivity index (χ4v) is 3.57. The van der Waals surface area contributed by atoms with Gasteiger partial charge in [0.05, 0.1) is 0 Å². The average molecular weight is 359 g/mol. The highest BCUT2D eigenvalue weighted by molar-refractivity contribution is 5.92. The first kappa shape index (κ1) is 18.2. The fourth-order valence-electron chi connectivity index (χ4n) is 3.57. The van der Waals surface area contributed by atoms with Gasteiger partial charge in [-0.15, -0.1) is 0 Å². The smallest absolute Gasteiger partial charge is 0.317 e. The lowest BCUT2D eigenvalue weighted by atomic mass is 9.86. The van der Waals surface area contributed by atoms with Crippen LogP contribution in [-0.2, 0) is 4.79 Å². The standard InChI is InChI=1S/C18H25N5O3/c1-13(2)21-17(26)23-8-7-22(16(25)14-5-3-4-6-19-14)11-18(12-23)9-15(24)20-10-18/h3-6,13H,7-12H2,1-2H3,(H,20,24)(H,21,26)/t18-/m1/s1. The number of hydrogen-bond donors (Lipinski definition) is 2. The van der Waals surface area contributed by atoms with Gasteiger partial charge in [0, 0.05) is 56.8 Å². The molecule has 8 heteroatoms. The molecule has 8 nitrogen and oxygen atoms in total. The van der Waals surface area contributed by atoms with E-state index in [9.17, 15) is 14.4 Å². The van der Waals surface area contributed by atoms with Gasteiger partial charge in [0.15, 0.2) is 0 Å². The van der Waals surface area contributed by atoms with E-state index >= 15 is 0 Å². The average Bonchev–Trinajstić information content (AvgIpc) is 2.86. The van der Waals surface area contributed by atoms with Crippen LogP contribution in [0, 0.1) is 5.41 Å². The number of aromatic nitrogens is 1. The van der Waals surface area contributed by atoms with E-state index in [1.54, 1.807) is 34.2 Å². The minimum atomic E-state index is -0.466. The second kappa shape index (κ2) is 7.31. The zero-order valence-corrected chi connectivity index (χ0v) is 15.2. The van der Waals surface area contributed by atoms with Crippen LogP contribution in [0.25, 0.3) is 0 Å². The molecule has 4 amide bonds. The molecule has 0 saturated carbocycles. The monoisotopic (exact) mass is 359 g/mol. The summed E-state index contributed by atoms with van der Waals surface area (Å²) in [5.74, 6) is -0.211. The quantitative estimate of drug-likeness (QED) is 0.802. The molecule has 2 N–H and O–H groups in total. The topological polar surface area (TPSA) is 94.6 Å². The Hall–Kier alpha value is -2.64. The Bertz CT molecular complexity index is 693. The maximum Gasteiger partial charge on any atom is 0.317 e. The van der Waals surface area contributed by atoms with Gasteiger partial charge in [-0.25, -0.2) is 4.79 Å². The highest BCUT2D eigenvalue weighted by atomic mass is 16.2. The molecular weight excluding hydrogens is 334 g/mol. The Morgan fingerprint density at radius 2 is 1.96 bits per heavy atom. The molecule has 0 unspecified atom stereocenters. The molecule has 26 heavy (non-hydrogen) atoms. The third-order valence-electron chi connectivity index (χ3n) is 4.76.